The Labute approximate surface area is 157 Å². The predicted octanol–water partition coefficient (Wildman–Crippen LogP) is 7.96. The van der Waals surface area contributed by atoms with Crippen molar-refractivity contribution in [2.75, 3.05) is 0 Å². The molecule has 1 aliphatic rings. The van der Waals surface area contributed by atoms with Crippen LogP contribution in [0.4, 0.5) is 0 Å². The summed E-state index contributed by atoms with van der Waals surface area (Å²) in [4.78, 5) is 2.98. The van der Waals surface area contributed by atoms with Gasteiger partial charge in [0.05, 0.1) is 0 Å². The lowest BCUT2D eigenvalue weighted by molar-refractivity contribution is 0.428. The van der Waals surface area contributed by atoms with Crippen LogP contribution in [-0.4, -0.2) is 0 Å². The topological polar surface area (TPSA) is 0 Å². The van der Waals surface area contributed by atoms with Gasteiger partial charge in [-0.1, -0.05) is 92.9 Å². The summed E-state index contributed by atoms with van der Waals surface area (Å²) >= 11 is 2.00. The minimum Gasteiger partial charge on any atom is -0.0942 e. The standard InChI is InChI=1S/C24H30S/c1-2-3-19-23(25-22-17-11-6-12-18-22)24(20-13-7-4-8-14-20)21-15-9-5-10-16-21/h4,6-8,11-14,17-18,21H,2-3,5,9-10,15-16,19H2,1H3/b24-23+. The lowest BCUT2D eigenvalue weighted by Crippen LogP contribution is -2.10. The van der Waals surface area contributed by atoms with Crippen molar-refractivity contribution >= 4 is 17.3 Å². The minimum absolute atomic E-state index is 0.735. The molecule has 0 aromatic heterocycles. The highest BCUT2D eigenvalue weighted by molar-refractivity contribution is 8.03. The summed E-state index contributed by atoms with van der Waals surface area (Å²) in [5, 5.41) is 0. The maximum absolute atomic E-state index is 2.32. The summed E-state index contributed by atoms with van der Waals surface area (Å²) in [6.45, 7) is 2.30. The zero-order valence-electron chi connectivity index (χ0n) is 15.4. The molecule has 0 radical (unpaired) electrons. The average molecular weight is 351 g/mol. The maximum Gasteiger partial charge on any atom is 0.0119 e. The molecule has 0 N–H and O–H groups in total. The molecule has 2 aromatic carbocycles. The van der Waals surface area contributed by atoms with E-state index >= 15 is 0 Å². The van der Waals surface area contributed by atoms with E-state index in [0.29, 0.717) is 0 Å². The van der Waals surface area contributed by atoms with Crippen LogP contribution in [0.5, 0.6) is 0 Å². The van der Waals surface area contributed by atoms with Gasteiger partial charge in [0, 0.05) is 4.90 Å². The van der Waals surface area contributed by atoms with Crippen LogP contribution in [0.25, 0.3) is 5.57 Å². The zero-order valence-corrected chi connectivity index (χ0v) is 16.2. The fourth-order valence-corrected chi connectivity index (χ4v) is 5.06. The van der Waals surface area contributed by atoms with Crippen LogP contribution in [0.3, 0.4) is 0 Å². The summed E-state index contributed by atoms with van der Waals surface area (Å²) < 4.78 is 0. The van der Waals surface area contributed by atoms with Gasteiger partial charge in [0.1, 0.15) is 0 Å². The minimum atomic E-state index is 0.735. The van der Waals surface area contributed by atoms with Crippen molar-refractivity contribution in [1.29, 1.82) is 0 Å². The molecule has 0 unspecified atom stereocenters. The smallest absolute Gasteiger partial charge is 0.0119 e. The Hall–Kier alpha value is -1.47. The van der Waals surface area contributed by atoms with Gasteiger partial charge >= 0.3 is 0 Å². The Morgan fingerprint density at radius 2 is 1.52 bits per heavy atom. The van der Waals surface area contributed by atoms with Crippen LogP contribution in [0, 0.1) is 5.92 Å². The largest absolute Gasteiger partial charge is 0.0942 e. The highest BCUT2D eigenvalue weighted by atomic mass is 32.2. The van der Waals surface area contributed by atoms with Crippen molar-refractivity contribution in [3.63, 3.8) is 0 Å². The Kier molecular flexibility index (Phi) is 7.23. The fourth-order valence-electron chi connectivity index (χ4n) is 3.84. The van der Waals surface area contributed by atoms with Crippen LogP contribution < -0.4 is 0 Å². The van der Waals surface area contributed by atoms with Gasteiger partial charge in [-0.3, -0.25) is 0 Å². The number of benzene rings is 2. The van der Waals surface area contributed by atoms with Crippen LogP contribution >= 0.6 is 11.8 Å². The Bertz CT molecular complexity index is 651. The second-order valence-corrected chi connectivity index (χ2v) is 8.22. The van der Waals surface area contributed by atoms with E-state index < -0.39 is 0 Å². The van der Waals surface area contributed by atoms with E-state index in [9.17, 15) is 0 Å². The van der Waals surface area contributed by atoms with Crippen molar-refractivity contribution in [1.82, 2.24) is 0 Å². The molecule has 0 heterocycles. The van der Waals surface area contributed by atoms with Gasteiger partial charge in [-0.2, -0.15) is 0 Å². The third-order valence-electron chi connectivity index (χ3n) is 5.14. The van der Waals surface area contributed by atoms with Gasteiger partial charge in [-0.05, 0) is 59.8 Å². The van der Waals surface area contributed by atoms with E-state index in [2.05, 4.69) is 67.6 Å². The van der Waals surface area contributed by atoms with Gasteiger partial charge in [0.15, 0.2) is 0 Å². The zero-order chi connectivity index (χ0) is 17.3. The molecule has 1 heteroatoms. The Morgan fingerprint density at radius 3 is 2.16 bits per heavy atom. The van der Waals surface area contributed by atoms with Crippen molar-refractivity contribution in [2.45, 2.75) is 63.2 Å². The third kappa shape index (κ3) is 5.25. The van der Waals surface area contributed by atoms with Crippen LogP contribution in [0.2, 0.25) is 0 Å². The van der Waals surface area contributed by atoms with Gasteiger partial charge in [0.25, 0.3) is 0 Å². The molecule has 25 heavy (non-hydrogen) atoms. The van der Waals surface area contributed by atoms with Crippen molar-refractivity contribution in [3.8, 4) is 0 Å². The van der Waals surface area contributed by atoms with Crippen molar-refractivity contribution < 1.29 is 0 Å². The first kappa shape index (κ1) is 18.3. The predicted molar refractivity (Wildman–Crippen MR) is 112 cm³/mol. The molecule has 1 saturated carbocycles. The van der Waals surface area contributed by atoms with E-state index in [-0.39, 0.29) is 0 Å². The van der Waals surface area contributed by atoms with Gasteiger partial charge in [0.2, 0.25) is 0 Å². The third-order valence-corrected chi connectivity index (χ3v) is 6.32. The lowest BCUT2D eigenvalue weighted by atomic mass is 9.80. The first-order chi connectivity index (χ1) is 12.4. The van der Waals surface area contributed by atoms with Crippen LogP contribution in [-0.2, 0) is 0 Å². The molecular weight excluding hydrogens is 320 g/mol. The molecule has 3 rings (SSSR count). The summed E-state index contributed by atoms with van der Waals surface area (Å²) in [6, 6.07) is 22.1. The second kappa shape index (κ2) is 9.87. The fraction of sp³-hybridized carbons (Fsp3) is 0.417. The van der Waals surface area contributed by atoms with Gasteiger partial charge < -0.3 is 0 Å². The number of unbranched alkanes of at least 4 members (excludes halogenated alkanes) is 1. The second-order valence-electron chi connectivity index (χ2n) is 7.06. The van der Waals surface area contributed by atoms with E-state index in [4.69, 9.17) is 0 Å². The molecular formula is C24H30S. The molecule has 0 bridgehead atoms. The molecule has 0 spiro atoms. The highest BCUT2D eigenvalue weighted by Gasteiger charge is 2.22. The number of allylic oxidation sites excluding steroid dienone is 2. The molecule has 0 atom stereocenters. The van der Waals surface area contributed by atoms with Crippen LogP contribution in [0.1, 0.15) is 63.9 Å². The highest BCUT2D eigenvalue weighted by Crippen LogP contribution is 2.43. The summed E-state index contributed by atoms with van der Waals surface area (Å²) in [5.74, 6) is 0.735. The first-order valence-electron chi connectivity index (χ1n) is 9.90. The quantitative estimate of drug-likeness (QED) is 0.456. The summed E-state index contributed by atoms with van der Waals surface area (Å²) in [5.41, 5.74) is 3.09. The van der Waals surface area contributed by atoms with E-state index in [1.54, 1.807) is 10.5 Å². The van der Waals surface area contributed by atoms with E-state index in [0.717, 1.165) is 5.92 Å². The lowest BCUT2D eigenvalue weighted by Gasteiger charge is -2.28. The number of thioether (sulfide) groups is 1. The maximum atomic E-state index is 2.32. The molecule has 0 aliphatic heterocycles. The number of hydrogen-bond donors (Lipinski definition) is 0. The van der Waals surface area contributed by atoms with Crippen LogP contribution in [0.15, 0.2) is 70.5 Å². The monoisotopic (exact) mass is 350 g/mol. The molecule has 0 amide bonds. The Balaban J connectivity index is 2.00. The van der Waals surface area contributed by atoms with Gasteiger partial charge in [-0.25, -0.2) is 0 Å². The molecule has 0 nitrogen and oxygen atoms in total. The SMILES string of the molecule is CCCC/C(Sc1ccccc1)=C(/c1ccccc1)C1CCCCC1. The van der Waals surface area contributed by atoms with E-state index in [1.165, 1.54) is 61.8 Å². The van der Waals surface area contributed by atoms with E-state index in [1.807, 2.05) is 11.8 Å². The van der Waals surface area contributed by atoms with Crippen molar-refractivity contribution in [3.05, 3.63) is 71.1 Å². The molecule has 2 aromatic rings. The number of rotatable bonds is 7. The Morgan fingerprint density at radius 1 is 0.880 bits per heavy atom. The molecule has 0 saturated heterocycles. The first-order valence-corrected chi connectivity index (χ1v) is 10.7. The van der Waals surface area contributed by atoms with Gasteiger partial charge in [-0.15, -0.1) is 0 Å². The normalized spacial score (nSPS) is 16.5. The molecule has 1 aliphatic carbocycles. The number of hydrogen-bond acceptors (Lipinski definition) is 1. The summed E-state index contributed by atoms with van der Waals surface area (Å²) in [7, 11) is 0. The van der Waals surface area contributed by atoms with Crippen molar-refractivity contribution in [2.24, 2.45) is 5.92 Å². The average Bonchev–Trinajstić information content (AvgIpc) is 2.69. The molecule has 1 fully saturated rings. The molecule has 132 valence electrons. The summed E-state index contributed by atoms with van der Waals surface area (Å²) in [6.07, 6.45) is 10.6.